The second kappa shape index (κ2) is 5.43. The van der Waals surface area contributed by atoms with Crippen LogP contribution in [0, 0.1) is 20.8 Å². The zero-order valence-electron chi connectivity index (χ0n) is 14.1. The maximum Gasteiger partial charge on any atom is 0.274 e. The minimum atomic E-state index is -0.0304. The molecule has 1 fully saturated rings. The number of nitrogens with one attached hydrogen (secondary N) is 1. The quantitative estimate of drug-likeness (QED) is 0.782. The van der Waals surface area contributed by atoms with Gasteiger partial charge in [-0.2, -0.15) is 10.2 Å². The molecule has 0 aromatic carbocycles. The number of hydrogen-bond donors (Lipinski definition) is 1. The minimum Gasteiger partial charge on any atom is -0.337 e. The number of nitrogens with zero attached hydrogens (tertiary/aromatic N) is 5. The van der Waals surface area contributed by atoms with Crippen molar-refractivity contribution in [1.29, 1.82) is 0 Å². The normalized spacial score (nSPS) is 17.8. The molecule has 1 saturated heterocycles. The Balaban J connectivity index is 1.58. The van der Waals surface area contributed by atoms with Gasteiger partial charge in [-0.15, -0.1) is 0 Å². The third kappa shape index (κ3) is 2.36. The molecule has 0 spiro atoms. The van der Waals surface area contributed by atoms with E-state index in [0.29, 0.717) is 18.2 Å². The van der Waals surface area contributed by atoms with Crippen molar-refractivity contribution in [3.05, 3.63) is 46.7 Å². The Labute approximate surface area is 139 Å². The van der Waals surface area contributed by atoms with Crippen LogP contribution >= 0.6 is 0 Å². The molecule has 7 heteroatoms. The summed E-state index contributed by atoms with van der Waals surface area (Å²) < 4.78 is 1.73. The fraction of sp³-hybridized carbons (Fsp3) is 0.412. The average Bonchev–Trinajstić information content (AvgIpc) is 3.24. The first-order valence-electron chi connectivity index (χ1n) is 8.16. The molecule has 3 aromatic rings. The van der Waals surface area contributed by atoms with Crippen LogP contribution in [0.3, 0.4) is 0 Å². The van der Waals surface area contributed by atoms with Gasteiger partial charge in [0.15, 0.2) is 11.3 Å². The predicted octanol–water partition coefficient (Wildman–Crippen LogP) is 2.01. The highest BCUT2D eigenvalue weighted by atomic mass is 16.2. The molecular formula is C17H20N6O. The zero-order valence-corrected chi connectivity index (χ0v) is 14.1. The third-order valence-electron chi connectivity index (χ3n) is 4.70. The van der Waals surface area contributed by atoms with Gasteiger partial charge in [-0.25, -0.2) is 9.50 Å². The number of hydrogen-bond acceptors (Lipinski definition) is 4. The lowest BCUT2D eigenvalue weighted by atomic mass is 10.0. The van der Waals surface area contributed by atoms with E-state index in [0.717, 1.165) is 41.3 Å². The number of likely N-dealkylation sites (tertiary alicyclic amines) is 1. The van der Waals surface area contributed by atoms with E-state index in [1.54, 1.807) is 10.6 Å². The highest BCUT2D eigenvalue weighted by Crippen LogP contribution is 2.28. The van der Waals surface area contributed by atoms with E-state index in [1.807, 2.05) is 37.9 Å². The van der Waals surface area contributed by atoms with Gasteiger partial charge in [0.1, 0.15) is 0 Å². The van der Waals surface area contributed by atoms with Crippen LogP contribution in [0.2, 0.25) is 0 Å². The molecular weight excluding hydrogens is 304 g/mol. The Bertz CT molecular complexity index is 924. The highest BCUT2D eigenvalue weighted by Gasteiger charge is 2.30. The molecule has 0 aliphatic carbocycles. The Kier molecular flexibility index (Phi) is 3.37. The summed E-state index contributed by atoms with van der Waals surface area (Å²) in [4.78, 5) is 19.1. The lowest BCUT2D eigenvalue weighted by molar-refractivity contribution is 0.0784. The van der Waals surface area contributed by atoms with Crippen LogP contribution in [0.25, 0.3) is 5.65 Å². The Morgan fingerprint density at radius 3 is 2.88 bits per heavy atom. The lowest BCUT2D eigenvalue weighted by Crippen LogP contribution is -2.29. The molecule has 4 heterocycles. The third-order valence-corrected chi connectivity index (χ3v) is 4.70. The smallest absolute Gasteiger partial charge is 0.274 e. The molecule has 1 aliphatic heterocycles. The lowest BCUT2D eigenvalue weighted by Gasteiger charge is -2.14. The van der Waals surface area contributed by atoms with Gasteiger partial charge in [0.2, 0.25) is 0 Å². The number of fused-ring (bicyclic) bond motifs is 1. The first-order chi connectivity index (χ1) is 11.5. The number of carbonyl (C=O) groups is 1. The fourth-order valence-corrected chi connectivity index (χ4v) is 3.50. The summed E-state index contributed by atoms with van der Waals surface area (Å²) >= 11 is 0. The second-order valence-electron chi connectivity index (χ2n) is 6.54. The summed E-state index contributed by atoms with van der Waals surface area (Å²) in [6, 6.07) is 3.73. The van der Waals surface area contributed by atoms with Gasteiger partial charge in [0.05, 0.1) is 6.20 Å². The summed E-state index contributed by atoms with van der Waals surface area (Å²) in [5.41, 5.74) is 5.36. The largest absolute Gasteiger partial charge is 0.337 e. The maximum atomic E-state index is 12.8. The topological polar surface area (TPSA) is 79.2 Å². The summed E-state index contributed by atoms with van der Waals surface area (Å²) in [5.74, 6) is 0.285. The number of aryl methyl sites for hydroxylation is 3. The monoisotopic (exact) mass is 324 g/mol. The molecule has 0 unspecified atom stereocenters. The van der Waals surface area contributed by atoms with E-state index in [4.69, 9.17) is 0 Å². The Morgan fingerprint density at radius 2 is 2.12 bits per heavy atom. The van der Waals surface area contributed by atoms with Crippen LogP contribution in [-0.4, -0.2) is 48.7 Å². The van der Waals surface area contributed by atoms with E-state index in [1.165, 1.54) is 0 Å². The van der Waals surface area contributed by atoms with Gasteiger partial charge in [-0.1, -0.05) is 0 Å². The van der Waals surface area contributed by atoms with Gasteiger partial charge < -0.3 is 4.90 Å². The molecule has 1 atom stereocenters. The van der Waals surface area contributed by atoms with Crippen LogP contribution in [-0.2, 0) is 0 Å². The SMILES string of the molecule is Cc1cc(C)n2nc(C(=O)N3CC[C@@H](c4[nH]ncc4C)C3)cc2n1. The predicted molar refractivity (Wildman–Crippen MR) is 89.0 cm³/mol. The van der Waals surface area contributed by atoms with Crippen molar-refractivity contribution in [3.63, 3.8) is 0 Å². The zero-order chi connectivity index (χ0) is 16.8. The maximum absolute atomic E-state index is 12.8. The van der Waals surface area contributed by atoms with Crippen molar-refractivity contribution in [2.75, 3.05) is 13.1 Å². The van der Waals surface area contributed by atoms with E-state index in [2.05, 4.69) is 20.3 Å². The number of rotatable bonds is 2. The first-order valence-corrected chi connectivity index (χ1v) is 8.16. The van der Waals surface area contributed by atoms with Gasteiger partial charge in [-0.3, -0.25) is 9.89 Å². The van der Waals surface area contributed by atoms with Crippen LogP contribution in [0.1, 0.15) is 45.5 Å². The van der Waals surface area contributed by atoms with Crippen molar-refractivity contribution in [1.82, 2.24) is 29.7 Å². The molecule has 1 aliphatic rings. The fourth-order valence-electron chi connectivity index (χ4n) is 3.50. The van der Waals surface area contributed by atoms with Gasteiger partial charge in [0.25, 0.3) is 5.91 Å². The molecule has 0 radical (unpaired) electrons. The van der Waals surface area contributed by atoms with Crippen LogP contribution < -0.4 is 0 Å². The highest BCUT2D eigenvalue weighted by molar-refractivity contribution is 5.93. The summed E-state index contributed by atoms with van der Waals surface area (Å²) in [5, 5.41) is 11.6. The van der Waals surface area contributed by atoms with E-state index in [9.17, 15) is 4.79 Å². The van der Waals surface area contributed by atoms with Crippen molar-refractivity contribution < 1.29 is 4.79 Å². The van der Waals surface area contributed by atoms with Crippen LogP contribution in [0.4, 0.5) is 0 Å². The molecule has 1 N–H and O–H groups in total. The van der Waals surface area contributed by atoms with Gasteiger partial charge >= 0.3 is 0 Å². The molecule has 124 valence electrons. The molecule has 3 aromatic heterocycles. The standard InChI is InChI=1S/C17H20N6O/c1-10-8-18-20-16(10)13-4-5-22(9-13)17(24)14-7-15-19-11(2)6-12(3)23(15)21-14/h6-8,13H,4-5,9H2,1-3H3,(H,18,20)/t13-/m1/s1. The minimum absolute atomic E-state index is 0.0304. The van der Waals surface area contributed by atoms with Crippen molar-refractivity contribution in [2.45, 2.75) is 33.1 Å². The van der Waals surface area contributed by atoms with Crippen LogP contribution in [0.15, 0.2) is 18.3 Å². The Morgan fingerprint density at radius 1 is 1.29 bits per heavy atom. The number of carbonyl (C=O) groups excluding carboxylic acids is 1. The summed E-state index contributed by atoms with van der Waals surface area (Å²) in [6.45, 7) is 7.39. The average molecular weight is 324 g/mol. The molecule has 0 saturated carbocycles. The number of amides is 1. The van der Waals surface area contributed by atoms with Gasteiger partial charge in [0, 0.05) is 42.2 Å². The number of H-pyrrole nitrogens is 1. The molecule has 0 bridgehead atoms. The summed E-state index contributed by atoms with van der Waals surface area (Å²) in [6.07, 6.45) is 2.78. The molecule has 4 rings (SSSR count). The summed E-state index contributed by atoms with van der Waals surface area (Å²) in [7, 11) is 0. The van der Waals surface area contributed by atoms with Crippen LogP contribution in [0.5, 0.6) is 0 Å². The molecule has 7 nitrogen and oxygen atoms in total. The molecule has 24 heavy (non-hydrogen) atoms. The number of aromatic amines is 1. The Hall–Kier alpha value is -2.70. The van der Waals surface area contributed by atoms with E-state index < -0.39 is 0 Å². The van der Waals surface area contributed by atoms with Gasteiger partial charge in [-0.05, 0) is 38.8 Å². The van der Waals surface area contributed by atoms with E-state index in [-0.39, 0.29) is 5.91 Å². The second-order valence-corrected chi connectivity index (χ2v) is 6.54. The van der Waals surface area contributed by atoms with Crippen molar-refractivity contribution in [2.24, 2.45) is 0 Å². The number of aromatic nitrogens is 5. The van der Waals surface area contributed by atoms with E-state index >= 15 is 0 Å². The van der Waals surface area contributed by atoms with Crippen molar-refractivity contribution >= 4 is 11.6 Å². The van der Waals surface area contributed by atoms with Crippen molar-refractivity contribution in [3.8, 4) is 0 Å². The molecule has 1 amide bonds. The first kappa shape index (κ1) is 14.9.